The molecule has 3 N–H and O–H groups in total. The molecule has 0 aliphatic rings. The molecule has 0 atom stereocenters. The molecule has 0 radical (unpaired) electrons. The van der Waals surface area contributed by atoms with Gasteiger partial charge in [-0.2, -0.15) is 5.10 Å². The highest BCUT2D eigenvalue weighted by Crippen LogP contribution is 2.33. The summed E-state index contributed by atoms with van der Waals surface area (Å²) < 4.78 is 40.8. The number of carbonyl (C=O) groups is 1. The molecule has 2 aromatic carbocycles. The third-order valence-corrected chi connectivity index (χ3v) is 6.82. The highest BCUT2D eigenvalue weighted by atomic mass is 32.2. The van der Waals surface area contributed by atoms with Crippen molar-refractivity contribution in [3.63, 3.8) is 0 Å². The molecule has 1 amide bonds. The number of nitrogens with one attached hydrogen (secondary N) is 1. The lowest BCUT2D eigenvalue weighted by Gasteiger charge is -2.08. The second-order valence-corrected chi connectivity index (χ2v) is 8.89. The zero-order valence-electron chi connectivity index (χ0n) is 15.7. The first-order valence-corrected chi connectivity index (χ1v) is 11.2. The van der Waals surface area contributed by atoms with Crippen molar-refractivity contribution in [2.75, 3.05) is 17.3 Å². The molecule has 0 aliphatic carbocycles. The minimum atomic E-state index is -3.91. The number of hydrogen-bond acceptors (Lipinski definition) is 6. The largest absolute Gasteiger partial charge is 0.383 e. The average molecular weight is 435 g/mol. The van der Waals surface area contributed by atoms with Gasteiger partial charge in [-0.25, -0.2) is 17.5 Å². The fourth-order valence-electron chi connectivity index (χ4n) is 2.67. The molecule has 0 unspecified atom stereocenters. The van der Waals surface area contributed by atoms with Crippen LogP contribution in [-0.4, -0.2) is 30.4 Å². The molecule has 0 aliphatic heterocycles. The normalized spacial score (nSPS) is 11.4. The molecule has 7 nitrogen and oxygen atoms in total. The highest BCUT2D eigenvalue weighted by Gasteiger charge is 2.29. The molecule has 3 rings (SSSR count). The molecule has 0 fully saturated rings. The molecule has 152 valence electrons. The molecule has 0 saturated heterocycles. The van der Waals surface area contributed by atoms with Gasteiger partial charge in [-0.15, -0.1) is 11.8 Å². The van der Waals surface area contributed by atoms with Gasteiger partial charge in [0.2, 0.25) is 15.7 Å². The molecule has 1 aromatic heterocycles. The van der Waals surface area contributed by atoms with Crippen molar-refractivity contribution >= 4 is 39.0 Å². The van der Waals surface area contributed by atoms with Crippen molar-refractivity contribution < 1.29 is 17.6 Å². The standard InChI is InChI=1S/C19H19FN4O3S2/c1-12-8-9-13(10-15(12)20)22-16(25)11-24-18(21)17(19(23-24)28-2)29(26,27)14-6-4-3-5-7-14/h3-10H,11,21H2,1-2H3,(H,22,25). The van der Waals surface area contributed by atoms with Crippen LogP contribution in [-0.2, 0) is 21.2 Å². The molecule has 29 heavy (non-hydrogen) atoms. The number of hydrogen-bond donors (Lipinski definition) is 2. The molecule has 10 heteroatoms. The third kappa shape index (κ3) is 4.28. The van der Waals surface area contributed by atoms with Gasteiger partial charge < -0.3 is 11.1 Å². The van der Waals surface area contributed by atoms with Crippen molar-refractivity contribution in [3.05, 3.63) is 59.9 Å². The maximum atomic E-state index is 13.7. The van der Waals surface area contributed by atoms with Crippen LogP contribution in [0.5, 0.6) is 0 Å². The predicted molar refractivity (Wildman–Crippen MR) is 110 cm³/mol. The first-order valence-electron chi connectivity index (χ1n) is 8.50. The van der Waals surface area contributed by atoms with E-state index in [1.54, 1.807) is 43.5 Å². The predicted octanol–water partition coefficient (Wildman–Crippen LogP) is 3.11. The molecule has 0 saturated carbocycles. The van der Waals surface area contributed by atoms with Gasteiger partial charge in [-0.05, 0) is 43.0 Å². The Kier molecular flexibility index (Phi) is 5.94. The van der Waals surface area contributed by atoms with Gasteiger partial charge in [0.25, 0.3) is 0 Å². The van der Waals surface area contributed by atoms with Crippen molar-refractivity contribution in [2.45, 2.75) is 28.3 Å². The fraction of sp³-hybridized carbons (Fsp3) is 0.158. The zero-order valence-corrected chi connectivity index (χ0v) is 17.3. The Hall–Kier alpha value is -2.85. The summed E-state index contributed by atoms with van der Waals surface area (Å²) in [6.45, 7) is 1.29. The van der Waals surface area contributed by atoms with Crippen molar-refractivity contribution in [3.8, 4) is 0 Å². The van der Waals surface area contributed by atoms with Crippen LogP contribution in [0.15, 0.2) is 63.3 Å². The van der Waals surface area contributed by atoms with Crippen LogP contribution < -0.4 is 11.1 Å². The number of sulfone groups is 1. The molecule has 0 bridgehead atoms. The van der Waals surface area contributed by atoms with E-state index in [9.17, 15) is 17.6 Å². The maximum Gasteiger partial charge on any atom is 0.246 e. The highest BCUT2D eigenvalue weighted by molar-refractivity contribution is 7.99. The van der Waals surface area contributed by atoms with Crippen molar-refractivity contribution in [1.82, 2.24) is 9.78 Å². The number of nitrogen functional groups attached to an aromatic ring is 1. The number of aromatic nitrogens is 2. The summed E-state index contributed by atoms with van der Waals surface area (Å²) in [5, 5.41) is 6.92. The second kappa shape index (κ2) is 8.26. The summed E-state index contributed by atoms with van der Waals surface area (Å²) in [6, 6.07) is 12.2. The van der Waals surface area contributed by atoms with Gasteiger partial charge >= 0.3 is 0 Å². The van der Waals surface area contributed by atoms with Gasteiger partial charge in [0.1, 0.15) is 28.1 Å². The van der Waals surface area contributed by atoms with E-state index in [0.717, 1.165) is 16.4 Å². The van der Waals surface area contributed by atoms with E-state index in [4.69, 9.17) is 5.73 Å². The van der Waals surface area contributed by atoms with Crippen LogP contribution in [0.25, 0.3) is 0 Å². The average Bonchev–Trinajstić information content (AvgIpc) is 3.01. The summed E-state index contributed by atoms with van der Waals surface area (Å²) in [5.41, 5.74) is 6.80. The Bertz CT molecular complexity index is 1160. The number of nitrogens with two attached hydrogens (primary N) is 1. The summed E-state index contributed by atoms with van der Waals surface area (Å²) in [5.74, 6) is -1.09. The van der Waals surface area contributed by atoms with Crippen molar-refractivity contribution in [1.29, 1.82) is 0 Å². The van der Waals surface area contributed by atoms with Gasteiger partial charge in [-0.3, -0.25) is 4.79 Å². The van der Waals surface area contributed by atoms with Crippen LogP contribution in [0.1, 0.15) is 5.56 Å². The Morgan fingerprint density at radius 3 is 2.55 bits per heavy atom. The van der Waals surface area contributed by atoms with E-state index in [1.807, 2.05) is 0 Å². The van der Waals surface area contributed by atoms with E-state index < -0.39 is 21.6 Å². The first-order chi connectivity index (χ1) is 13.7. The lowest BCUT2D eigenvalue weighted by Crippen LogP contribution is -2.21. The number of anilines is 2. The Balaban J connectivity index is 1.90. The Morgan fingerprint density at radius 1 is 1.24 bits per heavy atom. The van der Waals surface area contributed by atoms with Gasteiger partial charge in [0.05, 0.1) is 4.90 Å². The smallest absolute Gasteiger partial charge is 0.246 e. The topological polar surface area (TPSA) is 107 Å². The summed E-state index contributed by atoms with van der Waals surface area (Å²) >= 11 is 1.11. The van der Waals surface area contributed by atoms with Crippen LogP contribution in [0.4, 0.5) is 15.9 Å². The quantitative estimate of drug-likeness (QED) is 0.578. The number of rotatable bonds is 6. The molecule has 3 aromatic rings. The fourth-order valence-corrected chi connectivity index (χ4v) is 5.12. The van der Waals surface area contributed by atoms with E-state index >= 15 is 0 Å². The van der Waals surface area contributed by atoms with E-state index in [2.05, 4.69) is 10.4 Å². The van der Waals surface area contributed by atoms with Gasteiger partial charge in [0, 0.05) is 5.69 Å². The Labute approximate surface area is 172 Å². The van der Waals surface area contributed by atoms with Gasteiger partial charge in [-0.1, -0.05) is 24.3 Å². The lowest BCUT2D eigenvalue weighted by atomic mass is 10.2. The van der Waals surface area contributed by atoms with Crippen molar-refractivity contribution in [2.24, 2.45) is 0 Å². The monoisotopic (exact) mass is 434 g/mol. The minimum Gasteiger partial charge on any atom is -0.383 e. The van der Waals surface area contributed by atoms with Crippen LogP contribution in [0.2, 0.25) is 0 Å². The van der Waals surface area contributed by atoms with Crippen LogP contribution in [0.3, 0.4) is 0 Å². The SMILES string of the molecule is CSc1nn(CC(=O)Nc2ccc(C)c(F)c2)c(N)c1S(=O)(=O)c1ccccc1. The molecular formula is C19H19FN4O3S2. The number of carbonyl (C=O) groups excluding carboxylic acids is 1. The Morgan fingerprint density at radius 2 is 1.93 bits per heavy atom. The van der Waals surface area contributed by atoms with E-state index in [-0.39, 0.29) is 32.9 Å². The lowest BCUT2D eigenvalue weighted by molar-refractivity contribution is -0.116. The molecule has 0 spiro atoms. The minimum absolute atomic E-state index is 0.0844. The van der Waals surface area contributed by atoms with E-state index in [1.165, 1.54) is 18.2 Å². The van der Waals surface area contributed by atoms with Crippen LogP contribution in [0, 0.1) is 12.7 Å². The maximum absolute atomic E-state index is 13.7. The molecular weight excluding hydrogens is 415 g/mol. The van der Waals surface area contributed by atoms with Crippen LogP contribution >= 0.6 is 11.8 Å². The summed E-state index contributed by atoms with van der Waals surface area (Å²) in [4.78, 5) is 12.3. The summed E-state index contributed by atoms with van der Waals surface area (Å²) in [6.07, 6.45) is 1.67. The molecule has 1 heterocycles. The number of aryl methyl sites for hydroxylation is 1. The van der Waals surface area contributed by atoms with Gasteiger partial charge in [0.15, 0.2) is 0 Å². The zero-order chi connectivity index (χ0) is 21.2. The van der Waals surface area contributed by atoms with E-state index in [0.29, 0.717) is 5.56 Å². The summed E-state index contributed by atoms with van der Waals surface area (Å²) in [7, 11) is -3.91. The number of halogens is 1. The number of thioether (sulfide) groups is 1. The number of benzene rings is 2. The second-order valence-electron chi connectivity index (χ2n) is 6.21. The first kappa shape index (κ1) is 20.9. The number of nitrogens with zero attached hydrogens (tertiary/aromatic N) is 2. The number of amides is 1. The third-order valence-electron chi connectivity index (χ3n) is 4.18.